The maximum absolute atomic E-state index is 13.4. The van der Waals surface area contributed by atoms with Crippen LogP contribution < -0.4 is 10.9 Å². The smallest absolute Gasteiger partial charge is 0.362 e. The van der Waals surface area contributed by atoms with Gasteiger partial charge in [-0.15, -0.1) is 0 Å². The van der Waals surface area contributed by atoms with E-state index in [0.717, 1.165) is 27.4 Å². The van der Waals surface area contributed by atoms with E-state index in [0.29, 0.717) is 34.2 Å². The van der Waals surface area contributed by atoms with E-state index < -0.39 is 5.97 Å². The molecular weight excluding hydrogens is 492 g/mol. The zero-order valence-electron chi connectivity index (χ0n) is 21.4. The van der Waals surface area contributed by atoms with Crippen molar-refractivity contribution in [2.75, 3.05) is 5.48 Å². The molecule has 0 bridgehead atoms. The number of rotatable bonds is 6. The van der Waals surface area contributed by atoms with Gasteiger partial charge in [0.15, 0.2) is 11.5 Å². The minimum atomic E-state index is -0.623. The summed E-state index contributed by atoms with van der Waals surface area (Å²) in [5, 5.41) is 1.89. The monoisotopic (exact) mass is 516 g/mol. The van der Waals surface area contributed by atoms with Crippen molar-refractivity contribution in [2.24, 2.45) is 0 Å². The second kappa shape index (κ2) is 9.61. The van der Waals surface area contributed by atoms with Gasteiger partial charge < -0.3 is 13.8 Å². The second-order valence-corrected chi connectivity index (χ2v) is 9.29. The maximum Gasteiger partial charge on any atom is 0.362 e. The second-order valence-electron chi connectivity index (χ2n) is 9.29. The molecule has 7 nitrogen and oxygen atoms in total. The van der Waals surface area contributed by atoms with Crippen LogP contribution in [-0.2, 0) is 11.4 Å². The Labute approximate surface area is 223 Å². The third-order valence-electron chi connectivity index (χ3n) is 7.00. The van der Waals surface area contributed by atoms with Crippen molar-refractivity contribution in [3.63, 3.8) is 0 Å². The molecule has 0 aliphatic rings. The zero-order chi connectivity index (χ0) is 27.1. The van der Waals surface area contributed by atoms with Crippen molar-refractivity contribution in [1.29, 1.82) is 0 Å². The van der Waals surface area contributed by atoms with Crippen LogP contribution in [0.25, 0.3) is 32.8 Å². The van der Waals surface area contributed by atoms with Crippen LogP contribution in [0.15, 0.2) is 100 Å². The number of anilines is 1. The lowest BCUT2D eigenvalue weighted by Gasteiger charge is -2.08. The average Bonchev–Trinajstić information content (AvgIpc) is 3.30. The van der Waals surface area contributed by atoms with E-state index in [1.807, 2.05) is 62.4 Å². The standard InChI is InChI=1S/C32H24N2O5/c1-3-34-26-15-13-21(29(35)22-12-8-7-9-19(22)2)17-24(26)28-27(34)16-14-23-30(36)25(18-38-31(23)28)33-39-32(37)20-10-5-4-6-11-20/h4-18,33H,3H2,1-2H3. The number of aryl methyl sites for hydroxylation is 2. The van der Waals surface area contributed by atoms with Crippen LogP contribution in [-0.4, -0.2) is 16.3 Å². The van der Waals surface area contributed by atoms with E-state index in [1.54, 1.807) is 36.4 Å². The Morgan fingerprint density at radius 2 is 1.62 bits per heavy atom. The molecule has 0 saturated heterocycles. The highest BCUT2D eigenvalue weighted by molar-refractivity contribution is 6.21. The number of benzene rings is 4. The lowest BCUT2D eigenvalue weighted by atomic mass is 9.97. The van der Waals surface area contributed by atoms with Crippen molar-refractivity contribution in [3.05, 3.63) is 124 Å². The quantitative estimate of drug-likeness (QED) is 0.197. The van der Waals surface area contributed by atoms with Crippen LogP contribution in [0.5, 0.6) is 0 Å². The first-order valence-electron chi connectivity index (χ1n) is 12.6. The first-order valence-corrected chi connectivity index (χ1v) is 12.6. The molecule has 1 N–H and O–H groups in total. The van der Waals surface area contributed by atoms with Gasteiger partial charge >= 0.3 is 5.97 Å². The predicted octanol–water partition coefficient (Wildman–Crippen LogP) is 6.64. The minimum Gasteiger partial charge on any atom is -0.461 e. The summed E-state index contributed by atoms with van der Waals surface area (Å²) in [5.41, 5.74) is 6.75. The van der Waals surface area contributed by atoms with Crippen LogP contribution in [0.1, 0.15) is 38.8 Å². The number of ketones is 1. The van der Waals surface area contributed by atoms with E-state index >= 15 is 0 Å². The first-order chi connectivity index (χ1) is 19.0. The fraction of sp³-hybridized carbons (Fsp3) is 0.0938. The van der Waals surface area contributed by atoms with E-state index in [4.69, 9.17) is 9.25 Å². The number of hydrogen-bond acceptors (Lipinski definition) is 6. The van der Waals surface area contributed by atoms with Gasteiger partial charge in [-0.05, 0) is 61.9 Å². The molecule has 39 heavy (non-hydrogen) atoms. The van der Waals surface area contributed by atoms with Gasteiger partial charge in [0, 0.05) is 28.6 Å². The lowest BCUT2D eigenvalue weighted by molar-refractivity contribution is 0.0595. The molecule has 0 radical (unpaired) electrons. The number of carbonyl (C=O) groups is 2. The van der Waals surface area contributed by atoms with E-state index in [1.165, 1.54) is 6.26 Å². The average molecular weight is 517 g/mol. The lowest BCUT2D eigenvalue weighted by Crippen LogP contribution is -2.16. The number of nitrogens with zero attached hydrogens (tertiary/aromatic N) is 1. The summed E-state index contributed by atoms with van der Waals surface area (Å²) in [6.45, 7) is 4.65. The van der Waals surface area contributed by atoms with Crippen LogP contribution in [0.4, 0.5) is 5.69 Å². The molecule has 192 valence electrons. The van der Waals surface area contributed by atoms with Crippen molar-refractivity contribution in [3.8, 4) is 0 Å². The Bertz CT molecular complexity index is 1970. The van der Waals surface area contributed by atoms with Gasteiger partial charge in [-0.25, -0.2) is 10.3 Å². The molecular formula is C32H24N2O5. The molecule has 7 heteroatoms. The van der Waals surface area contributed by atoms with E-state index in [2.05, 4.69) is 10.0 Å². The number of nitrogens with one attached hydrogen (secondary N) is 1. The molecule has 6 rings (SSSR count). The van der Waals surface area contributed by atoms with Crippen LogP contribution >= 0.6 is 0 Å². The van der Waals surface area contributed by atoms with Gasteiger partial charge in [-0.1, -0.05) is 42.5 Å². The summed E-state index contributed by atoms with van der Waals surface area (Å²) in [5.74, 6) is -0.691. The molecule has 0 amide bonds. The van der Waals surface area contributed by atoms with Crippen molar-refractivity contribution in [2.45, 2.75) is 20.4 Å². The molecule has 6 aromatic rings. The molecule has 0 saturated carbocycles. The molecule has 4 aromatic carbocycles. The van der Waals surface area contributed by atoms with Gasteiger partial charge in [0.1, 0.15) is 11.8 Å². The maximum atomic E-state index is 13.4. The molecule has 0 unspecified atom stereocenters. The Morgan fingerprint density at radius 1 is 0.872 bits per heavy atom. The van der Waals surface area contributed by atoms with Gasteiger partial charge in [-0.2, -0.15) is 0 Å². The van der Waals surface area contributed by atoms with Gasteiger partial charge in [-0.3, -0.25) is 9.59 Å². The third-order valence-corrected chi connectivity index (χ3v) is 7.00. The highest BCUT2D eigenvalue weighted by Gasteiger charge is 2.20. The summed E-state index contributed by atoms with van der Waals surface area (Å²) < 4.78 is 8.12. The Hall–Kier alpha value is -5.17. The summed E-state index contributed by atoms with van der Waals surface area (Å²) in [4.78, 5) is 44.2. The molecule has 2 heterocycles. The predicted molar refractivity (Wildman–Crippen MR) is 151 cm³/mol. The van der Waals surface area contributed by atoms with Crippen LogP contribution in [0.2, 0.25) is 0 Å². The van der Waals surface area contributed by atoms with Crippen molar-refractivity contribution >= 4 is 50.2 Å². The SMILES string of the molecule is CCn1c2ccc(C(=O)c3ccccc3C)cc2c2c3occ(NOC(=O)c4ccccc4)c(=O)c3ccc21. The number of carbonyl (C=O) groups excluding carboxylic acids is 2. The molecule has 0 aliphatic carbocycles. The Kier molecular flexibility index (Phi) is 5.96. The molecule has 2 aromatic heterocycles. The largest absolute Gasteiger partial charge is 0.461 e. The Morgan fingerprint density at radius 3 is 2.38 bits per heavy atom. The topological polar surface area (TPSA) is 90.5 Å². The van der Waals surface area contributed by atoms with Crippen LogP contribution in [0.3, 0.4) is 0 Å². The first kappa shape index (κ1) is 24.2. The van der Waals surface area contributed by atoms with E-state index in [-0.39, 0.29) is 16.9 Å². The minimum absolute atomic E-state index is 0.000723. The van der Waals surface area contributed by atoms with Crippen molar-refractivity contribution in [1.82, 2.24) is 4.57 Å². The molecule has 0 fully saturated rings. The fourth-order valence-corrected chi connectivity index (χ4v) is 5.05. The van der Waals surface area contributed by atoms with Gasteiger partial charge in [0.2, 0.25) is 5.43 Å². The summed E-state index contributed by atoms with van der Waals surface area (Å²) >= 11 is 0. The highest BCUT2D eigenvalue weighted by Crippen LogP contribution is 2.35. The summed E-state index contributed by atoms with van der Waals surface area (Å²) in [6.07, 6.45) is 1.25. The fourth-order valence-electron chi connectivity index (χ4n) is 5.05. The Balaban J connectivity index is 1.46. The summed E-state index contributed by atoms with van der Waals surface area (Å²) in [6, 6.07) is 25.2. The molecule has 0 spiro atoms. The third kappa shape index (κ3) is 4.05. The number of fused-ring (bicyclic) bond motifs is 5. The van der Waals surface area contributed by atoms with Crippen LogP contribution in [0, 0.1) is 6.92 Å². The molecule has 0 atom stereocenters. The number of hydrogen-bond donors (Lipinski definition) is 1. The molecule has 0 aliphatic heterocycles. The van der Waals surface area contributed by atoms with Gasteiger partial charge in [0.25, 0.3) is 0 Å². The highest BCUT2D eigenvalue weighted by atomic mass is 16.7. The van der Waals surface area contributed by atoms with Gasteiger partial charge in [0.05, 0.1) is 21.9 Å². The van der Waals surface area contributed by atoms with Crippen molar-refractivity contribution < 1.29 is 18.8 Å². The summed E-state index contributed by atoms with van der Waals surface area (Å²) in [7, 11) is 0. The number of aromatic nitrogens is 1. The zero-order valence-corrected chi connectivity index (χ0v) is 21.4. The van der Waals surface area contributed by atoms with E-state index in [9.17, 15) is 14.4 Å². The normalized spacial score (nSPS) is 11.2.